The maximum atomic E-state index is 12.1. The lowest BCUT2D eigenvalue weighted by Crippen LogP contribution is -2.61. The number of nitrogens with one attached hydrogen (secondary N) is 1. The highest BCUT2D eigenvalue weighted by atomic mass is 16.5. The monoisotopic (exact) mass is 226 g/mol. The van der Waals surface area contributed by atoms with Crippen LogP contribution >= 0.6 is 0 Å². The Morgan fingerprint density at radius 2 is 2.25 bits per heavy atom. The summed E-state index contributed by atoms with van der Waals surface area (Å²) in [4.78, 5) is 12.1. The van der Waals surface area contributed by atoms with Gasteiger partial charge in [-0.3, -0.25) is 4.79 Å². The Morgan fingerprint density at radius 3 is 2.75 bits per heavy atom. The highest BCUT2D eigenvalue weighted by molar-refractivity contribution is 5.87. The summed E-state index contributed by atoms with van der Waals surface area (Å²) in [5, 5.41) is 3.07. The highest BCUT2D eigenvalue weighted by Crippen LogP contribution is 2.38. The van der Waals surface area contributed by atoms with Crippen LogP contribution in [0.5, 0.6) is 0 Å². The van der Waals surface area contributed by atoms with Crippen LogP contribution in [0.2, 0.25) is 0 Å². The zero-order chi connectivity index (χ0) is 11.8. The average Bonchev–Trinajstić information content (AvgIpc) is 3.01. The van der Waals surface area contributed by atoms with Gasteiger partial charge in [0.15, 0.2) is 0 Å². The van der Waals surface area contributed by atoms with E-state index in [1.807, 2.05) is 13.8 Å². The lowest BCUT2D eigenvalue weighted by atomic mass is 9.90. The van der Waals surface area contributed by atoms with Crippen LogP contribution in [0.25, 0.3) is 0 Å². The van der Waals surface area contributed by atoms with Gasteiger partial charge in [-0.1, -0.05) is 0 Å². The van der Waals surface area contributed by atoms with Crippen molar-refractivity contribution in [3.8, 4) is 0 Å². The van der Waals surface area contributed by atoms with Crippen LogP contribution in [0.1, 0.15) is 39.5 Å². The van der Waals surface area contributed by atoms with Crippen molar-refractivity contribution in [2.45, 2.75) is 50.6 Å². The molecule has 3 N–H and O–H groups in total. The predicted molar refractivity (Wildman–Crippen MR) is 61.9 cm³/mol. The van der Waals surface area contributed by atoms with Crippen molar-refractivity contribution >= 4 is 5.91 Å². The van der Waals surface area contributed by atoms with Crippen molar-refractivity contribution in [3.63, 3.8) is 0 Å². The Balaban J connectivity index is 1.95. The number of rotatable bonds is 3. The van der Waals surface area contributed by atoms with E-state index in [0.29, 0.717) is 12.5 Å². The SMILES string of the molecule is CC1(NC(=O)C(C)(N)C2CC2)CCCOC1. The van der Waals surface area contributed by atoms with Gasteiger partial charge >= 0.3 is 0 Å². The van der Waals surface area contributed by atoms with Gasteiger partial charge < -0.3 is 15.8 Å². The minimum absolute atomic E-state index is 0.0250. The summed E-state index contributed by atoms with van der Waals surface area (Å²) < 4.78 is 5.42. The molecule has 2 aliphatic rings. The first-order valence-electron chi connectivity index (χ1n) is 6.13. The topological polar surface area (TPSA) is 64.4 Å². The van der Waals surface area contributed by atoms with Gasteiger partial charge in [-0.15, -0.1) is 0 Å². The molecular weight excluding hydrogens is 204 g/mol. The van der Waals surface area contributed by atoms with Crippen LogP contribution < -0.4 is 11.1 Å². The molecule has 16 heavy (non-hydrogen) atoms. The summed E-state index contributed by atoms with van der Waals surface area (Å²) in [5.41, 5.74) is 5.15. The lowest BCUT2D eigenvalue weighted by molar-refractivity contribution is -0.130. The highest BCUT2D eigenvalue weighted by Gasteiger charge is 2.45. The molecule has 2 unspecified atom stereocenters. The molecule has 2 atom stereocenters. The molecule has 0 spiro atoms. The molecule has 4 nitrogen and oxygen atoms in total. The third kappa shape index (κ3) is 2.38. The molecule has 92 valence electrons. The molecule has 0 aromatic rings. The second-order valence-corrected chi connectivity index (χ2v) is 5.73. The lowest BCUT2D eigenvalue weighted by Gasteiger charge is -2.37. The Hall–Kier alpha value is -0.610. The maximum absolute atomic E-state index is 12.1. The van der Waals surface area contributed by atoms with Crippen molar-refractivity contribution in [2.75, 3.05) is 13.2 Å². The first-order chi connectivity index (χ1) is 7.44. The van der Waals surface area contributed by atoms with E-state index in [2.05, 4.69) is 5.32 Å². The second kappa shape index (κ2) is 4.00. The minimum atomic E-state index is -0.708. The molecule has 1 heterocycles. The van der Waals surface area contributed by atoms with Crippen molar-refractivity contribution in [2.24, 2.45) is 11.7 Å². The van der Waals surface area contributed by atoms with E-state index in [4.69, 9.17) is 10.5 Å². The summed E-state index contributed by atoms with van der Waals surface area (Å²) >= 11 is 0. The van der Waals surface area contributed by atoms with Crippen molar-refractivity contribution in [3.05, 3.63) is 0 Å². The van der Waals surface area contributed by atoms with E-state index in [-0.39, 0.29) is 11.4 Å². The summed E-state index contributed by atoms with van der Waals surface area (Å²) in [7, 11) is 0. The fourth-order valence-corrected chi connectivity index (χ4v) is 2.31. The van der Waals surface area contributed by atoms with Crippen molar-refractivity contribution < 1.29 is 9.53 Å². The molecule has 2 fully saturated rings. The summed E-state index contributed by atoms with van der Waals surface area (Å²) in [6.07, 6.45) is 4.13. The molecular formula is C12H22N2O2. The van der Waals surface area contributed by atoms with Crippen LogP contribution in [0.15, 0.2) is 0 Å². The molecule has 0 bridgehead atoms. The Labute approximate surface area is 96.9 Å². The normalized spacial score (nSPS) is 34.2. The van der Waals surface area contributed by atoms with Gasteiger partial charge in [0, 0.05) is 6.61 Å². The van der Waals surface area contributed by atoms with E-state index in [0.717, 1.165) is 32.3 Å². The van der Waals surface area contributed by atoms with E-state index >= 15 is 0 Å². The van der Waals surface area contributed by atoms with Crippen LogP contribution in [0, 0.1) is 5.92 Å². The fraction of sp³-hybridized carbons (Fsp3) is 0.917. The average molecular weight is 226 g/mol. The number of hydrogen-bond donors (Lipinski definition) is 2. The smallest absolute Gasteiger partial charge is 0.240 e. The standard InChI is InChI=1S/C12H22N2O2/c1-11(6-3-7-16-8-11)14-10(15)12(2,13)9-4-5-9/h9H,3-8,13H2,1-2H3,(H,14,15). The molecule has 4 heteroatoms. The molecule has 0 aromatic carbocycles. The first-order valence-corrected chi connectivity index (χ1v) is 6.13. The third-order valence-electron chi connectivity index (χ3n) is 3.77. The summed E-state index contributed by atoms with van der Waals surface area (Å²) in [6.45, 7) is 5.27. The zero-order valence-electron chi connectivity index (χ0n) is 10.2. The Bertz CT molecular complexity index is 279. The third-order valence-corrected chi connectivity index (χ3v) is 3.77. The number of nitrogens with two attached hydrogens (primary N) is 1. The molecule has 1 saturated carbocycles. The number of carbonyl (C=O) groups is 1. The minimum Gasteiger partial charge on any atom is -0.379 e. The molecule has 2 rings (SSSR count). The van der Waals surface area contributed by atoms with Crippen molar-refractivity contribution in [1.82, 2.24) is 5.32 Å². The molecule has 1 aliphatic heterocycles. The Kier molecular flexibility index (Phi) is 2.97. The van der Waals surface area contributed by atoms with Crippen LogP contribution in [0.4, 0.5) is 0 Å². The maximum Gasteiger partial charge on any atom is 0.240 e. The van der Waals surface area contributed by atoms with Gasteiger partial charge in [-0.25, -0.2) is 0 Å². The van der Waals surface area contributed by atoms with Crippen molar-refractivity contribution in [1.29, 1.82) is 0 Å². The van der Waals surface area contributed by atoms with Gasteiger partial charge in [0.05, 0.1) is 17.7 Å². The number of ether oxygens (including phenoxy) is 1. The fourth-order valence-electron chi connectivity index (χ4n) is 2.31. The van der Waals surface area contributed by atoms with Crippen LogP contribution in [-0.4, -0.2) is 30.2 Å². The number of amides is 1. The summed E-state index contributed by atoms with van der Waals surface area (Å²) in [6, 6.07) is 0. The van der Waals surface area contributed by atoms with Gasteiger partial charge in [-0.2, -0.15) is 0 Å². The molecule has 1 saturated heterocycles. The van der Waals surface area contributed by atoms with E-state index in [9.17, 15) is 4.79 Å². The van der Waals surface area contributed by atoms with Gasteiger partial charge in [0.1, 0.15) is 0 Å². The number of hydrogen-bond acceptors (Lipinski definition) is 3. The quantitative estimate of drug-likeness (QED) is 0.748. The Morgan fingerprint density at radius 1 is 1.56 bits per heavy atom. The number of carbonyl (C=O) groups excluding carboxylic acids is 1. The van der Waals surface area contributed by atoms with E-state index in [1.165, 1.54) is 0 Å². The largest absolute Gasteiger partial charge is 0.379 e. The second-order valence-electron chi connectivity index (χ2n) is 5.73. The van der Waals surface area contributed by atoms with E-state index < -0.39 is 5.54 Å². The molecule has 0 radical (unpaired) electrons. The van der Waals surface area contributed by atoms with Gasteiger partial charge in [0.25, 0.3) is 0 Å². The molecule has 1 amide bonds. The van der Waals surface area contributed by atoms with Gasteiger partial charge in [0.2, 0.25) is 5.91 Å². The molecule has 0 aromatic heterocycles. The summed E-state index contributed by atoms with van der Waals surface area (Å²) in [5.74, 6) is 0.337. The predicted octanol–water partition coefficient (Wildman–Crippen LogP) is 0.799. The first kappa shape index (κ1) is 11.9. The van der Waals surface area contributed by atoms with E-state index in [1.54, 1.807) is 0 Å². The zero-order valence-corrected chi connectivity index (χ0v) is 10.2. The van der Waals surface area contributed by atoms with Gasteiger partial charge in [-0.05, 0) is 45.4 Å². The van der Waals surface area contributed by atoms with Crippen LogP contribution in [-0.2, 0) is 9.53 Å². The molecule has 1 aliphatic carbocycles. The van der Waals surface area contributed by atoms with Crippen LogP contribution in [0.3, 0.4) is 0 Å².